The van der Waals surface area contributed by atoms with Crippen LogP contribution in [-0.4, -0.2) is 19.9 Å². The van der Waals surface area contributed by atoms with Crippen molar-refractivity contribution in [2.24, 2.45) is 0 Å². The molecule has 54 heavy (non-hydrogen) atoms. The molecule has 4 nitrogen and oxygen atoms in total. The molecule has 0 N–H and O–H groups in total. The third-order valence-electron chi connectivity index (χ3n) is 10.8. The summed E-state index contributed by atoms with van der Waals surface area (Å²) in [6.07, 6.45) is 7.36. The Morgan fingerprint density at radius 1 is 0.296 bits per heavy atom. The number of hydrogen-bond acceptors (Lipinski definition) is 4. The second kappa shape index (κ2) is 12.1. The molecule has 11 rings (SSSR count). The molecule has 0 spiro atoms. The second-order valence-electron chi connectivity index (χ2n) is 13.9. The van der Waals surface area contributed by atoms with Gasteiger partial charge >= 0.3 is 0 Å². The first kappa shape index (κ1) is 30.3. The summed E-state index contributed by atoms with van der Waals surface area (Å²) in [5, 5.41) is 9.78. The molecule has 0 unspecified atom stereocenters. The summed E-state index contributed by atoms with van der Waals surface area (Å²) in [5.74, 6) is 0. The van der Waals surface area contributed by atoms with Gasteiger partial charge in [0.1, 0.15) is 0 Å². The van der Waals surface area contributed by atoms with E-state index in [1.165, 1.54) is 54.6 Å². The molecule has 0 amide bonds. The SMILES string of the molecule is c1cncc(-c2ccc(-c3ccc4ccc5c(-c6ccc(-c7ccc8ccc9ccc(-c%10cccnc%10)nc9c8n7)cc6)ccc6ccc3c4c65)cc2)c1. The average molecular weight is 687 g/mol. The molecule has 0 atom stereocenters. The lowest BCUT2D eigenvalue weighted by Crippen LogP contribution is -1.91. The quantitative estimate of drug-likeness (QED) is 0.169. The maximum atomic E-state index is 5.19. The van der Waals surface area contributed by atoms with Gasteiger partial charge in [0, 0.05) is 46.7 Å². The highest BCUT2D eigenvalue weighted by molar-refractivity contribution is 6.27. The summed E-state index contributed by atoms with van der Waals surface area (Å²) in [6.45, 7) is 0. The standard InChI is InChI=1S/C50H30N4/c1-3-39(29-51-27-1)31-5-7-32(8-6-31)41-21-15-35-18-24-44-42(22-16-36-17-23-43(41)47(35)48(36)44)33-9-11-34(12-10-33)45-25-19-37-13-14-38-20-26-46(40-4-2-28-52-30-40)54-50(38)49(37)53-45/h1-30H. The molecule has 4 heterocycles. The summed E-state index contributed by atoms with van der Waals surface area (Å²) in [4.78, 5) is 18.8. The Morgan fingerprint density at radius 2 is 0.722 bits per heavy atom. The van der Waals surface area contributed by atoms with Crippen LogP contribution in [0.5, 0.6) is 0 Å². The summed E-state index contributed by atoms with van der Waals surface area (Å²) >= 11 is 0. The van der Waals surface area contributed by atoms with Crippen LogP contribution in [0.1, 0.15) is 0 Å². The van der Waals surface area contributed by atoms with Crippen LogP contribution in [0.2, 0.25) is 0 Å². The van der Waals surface area contributed by atoms with Gasteiger partial charge in [-0.3, -0.25) is 9.97 Å². The van der Waals surface area contributed by atoms with Crippen molar-refractivity contribution in [3.63, 3.8) is 0 Å². The van der Waals surface area contributed by atoms with Crippen LogP contribution in [0.15, 0.2) is 183 Å². The van der Waals surface area contributed by atoms with Crippen LogP contribution < -0.4 is 0 Å². The van der Waals surface area contributed by atoms with Gasteiger partial charge in [-0.05, 0) is 96.0 Å². The van der Waals surface area contributed by atoms with Gasteiger partial charge in [-0.2, -0.15) is 0 Å². The average Bonchev–Trinajstić information content (AvgIpc) is 3.26. The van der Waals surface area contributed by atoms with Crippen molar-refractivity contribution in [3.8, 4) is 55.9 Å². The van der Waals surface area contributed by atoms with Crippen LogP contribution in [-0.2, 0) is 0 Å². The fraction of sp³-hybridized carbons (Fsp3) is 0. The lowest BCUT2D eigenvalue weighted by molar-refractivity contribution is 1.30. The zero-order valence-corrected chi connectivity index (χ0v) is 29.1. The van der Waals surface area contributed by atoms with E-state index in [2.05, 4.69) is 149 Å². The zero-order valence-electron chi connectivity index (χ0n) is 29.1. The lowest BCUT2D eigenvalue weighted by Gasteiger charge is -2.17. The normalized spacial score (nSPS) is 11.7. The molecule has 4 heteroatoms. The Kier molecular flexibility index (Phi) is 6.82. The van der Waals surface area contributed by atoms with Gasteiger partial charge in [0.25, 0.3) is 0 Å². The van der Waals surface area contributed by atoms with Crippen LogP contribution in [0.3, 0.4) is 0 Å². The molecule has 4 aromatic heterocycles. The van der Waals surface area contributed by atoms with E-state index in [9.17, 15) is 0 Å². The van der Waals surface area contributed by atoms with Gasteiger partial charge in [0.15, 0.2) is 0 Å². The Labute approximate surface area is 311 Å². The predicted molar refractivity (Wildman–Crippen MR) is 224 cm³/mol. The molecule has 7 aromatic carbocycles. The molecule has 0 saturated heterocycles. The zero-order chi connectivity index (χ0) is 35.6. The van der Waals surface area contributed by atoms with Crippen LogP contribution in [0.4, 0.5) is 0 Å². The van der Waals surface area contributed by atoms with Crippen molar-refractivity contribution < 1.29 is 0 Å². The van der Waals surface area contributed by atoms with E-state index in [0.717, 1.165) is 55.4 Å². The predicted octanol–water partition coefficient (Wildman–Crippen LogP) is 12.8. The molecule has 0 saturated carbocycles. The van der Waals surface area contributed by atoms with E-state index in [4.69, 9.17) is 9.97 Å². The van der Waals surface area contributed by atoms with Crippen molar-refractivity contribution >= 4 is 54.1 Å². The highest BCUT2D eigenvalue weighted by Gasteiger charge is 2.16. The molecular formula is C50H30N4. The first-order chi connectivity index (χ1) is 26.7. The monoisotopic (exact) mass is 686 g/mol. The van der Waals surface area contributed by atoms with E-state index in [1.54, 1.807) is 6.20 Å². The molecule has 0 radical (unpaired) electrons. The van der Waals surface area contributed by atoms with Crippen LogP contribution >= 0.6 is 0 Å². The first-order valence-corrected chi connectivity index (χ1v) is 18.2. The fourth-order valence-corrected chi connectivity index (χ4v) is 8.10. The number of hydrogen-bond donors (Lipinski definition) is 0. The lowest BCUT2D eigenvalue weighted by atomic mass is 9.87. The van der Waals surface area contributed by atoms with Crippen molar-refractivity contribution in [2.45, 2.75) is 0 Å². The smallest absolute Gasteiger partial charge is 0.0972 e. The summed E-state index contributed by atoms with van der Waals surface area (Å²) < 4.78 is 0. The summed E-state index contributed by atoms with van der Waals surface area (Å²) in [7, 11) is 0. The summed E-state index contributed by atoms with van der Waals surface area (Å²) in [6, 6.07) is 56.6. The minimum Gasteiger partial charge on any atom is -0.264 e. The van der Waals surface area contributed by atoms with Crippen molar-refractivity contribution in [3.05, 3.63) is 183 Å². The molecule has 0 aliphatic heterocycles. The maximum Gasteiger partial charge on any atom is 0.0972 e. The Hall–Kier alpha value is -7.30. The minimum atomic E-state index is 0.889. The minimum absolute atomic E-state index is 0.889. The Bertz CT molecular complexity index is 3170. The van der Waals surface area contributed by atoms with E-state index >= 15 is 0 Å². The Morgan fingerprint density at radius 3 is 1.24 bits per heavy atom. The summed E-state index contributed by atoms with van der Waals surface area (Å²) in [5.41, 5.74) is 12.8. The molecule has 0 aliphatic rings. The van der Waals surface area contributed by atoms with Gasteiger partial charge in [0.2, 0.25) is 0 Å². The second-order valence-corrected chi connectivity index (χ2v) is 13.9. The number of pyridine rings is 4. The molecule has 0 fully saturated rings. The maximum absolute atomic E-state index is 5.19. The van der Waals surface area contributed by atoms with Gasteiger partial charge in [-0.25, -0.2) is 9.97 Å². The highest BCUT2D eigenvalue weighted by Crippen LogP contribution is 2.43. The number of nitrogens with zero attached hydrogens (tertiary/aromatic N) is 4. The largest absolute Gasteiger partial charge is 0.264 e. The van der Waals surface area contributed by atoms with Gasteiger partial charge in [0.05, 0.1) is 22.4 Å². The van der Waals surface area contributed by atoms with Gasteiger partial charge in [-0.15, -0.1) is 0 Å². The van der Waals surface area contributed by atoms with E-state index in [0.29, 0.717) is 0 Å². The van der Waals surface area contributed by atoms with Gasteiger partial charge < -0.3 is 0 Å². The highest BCUT2D eigenvalue weighted by atomic mass is 14.8. The molecule has 11 aromatic rings. The van der Waals surface area contributed by atoms with Crippen molar-refractivity contribution in [1.29, 1.82) is 0 Å². The Balaban J connectivity index is 0.981. The third-order valence-corrected chi connectivity index (χ3v) is 10.8. The topological polar surface area (TPSA) is 51.6 Å². The van der Waals surface area contributed by atoms with E-state index in [1.807, 2.05) is 36.8 Å². The molecular weight excluding hydrogens is 657 g/mol. The number of fused-ring (bicyclic) bond motifs is 3. The van der Waals surface area contributed by atoms with Crippen molar-refractivity contribution in [1.82, 2.24) is 19.9 Å². The molecule has 250 valence electrons. The van der Waals surface area contributed by atoms with E-state index < -0.39 is 0 Å². The van der Waals surface area contributed by atoms with E-state index in [-0.39, 0.29) is 0 Å². The third kappa shape index (κ3) is 4.92. The van der Waals surface area contributed by atoms with Crippen LogP contribution in [0.25, 0.3) is 110 Å². The fourth-order valence-electron chi connectivity index (χ4n) is 8.10. The van der Waals surface area contributed by atoms with Crippen LogP contribution in [0, 0.1) is 0 Å². The molecule has 0 aliphatic carbocycles. The van der Waals surface area contributed by atoms with Gasteiger partial charge in [-0.1, -0.05) is 127 Å². The first-order valence-electron chi connectivity index (χ1n) is 18.2. The number of rotatable bonds is 5. The number of aromatic nitrogens is 4. The van der Waals surface area contributed by atoms with Crippen molar-refractivity contribution in [2.75, 3.05) is 0 Å². The molecule has 0 bridgehead atoms. The number of benzene rings is 7.